The van der Waals surface area contributed by atoms with Crippen LogP contribution in [0.1, 0.15) is 22.8 Å². The molecule has 0 saturated carbocycles. The molecule has 0 unspecified atom stereocenters. The molecule has 0 radical (unpaired) electrons. The fourth-order valence-electron chi connectivity index (χ4n) is 3.67. The molecule has 0 aromatic heterocycles. The van der Waals surface area contributed by atoms with E-state index < -0.39 is 27.0 Å². The zero-order chi connectivity index (χ0) is 21.2. The molecule has 5 heteroatoms. The Morgan fingerprint density at radius 1 is 1.00 bits per heavy atom. The van der Waals surface area contributed by atoms with Crippen molar-refractivity contribution < 1.29 is 17.9 Å². The number of epoxide rings is 1. The number of sulfone groups is 1. The van der Waals surface area contributed by atoms with E-state index in [1.165, 1.54) is 6.08 Å². The second kappa shape index (κ2) is 8.19. The molecule has 1 heterocycles. The summed E-state index contributed by atoms with van der Waals surface area (Å²) in [7, 11) is -3.88. The Kier molecular flexibility index (Phi) is 5.60. The fourth-order valence-corrected chi connectivity index (χ4v) is 5.65. The Morgan fingerprint density at radius 3 is 2.17 bits per heavy atom. The average molecular weight is 421 g/mol. The highest BCUT2D eigenvalue weighted by Crippen LogP contribution is 2.55. The van der Waals surface area contributed by atoms with Gasteiger partial charge in [0.1, 0.15) is 12.2 Å². The van der Waals surface area contributed by atoms with Crippen molar-refractivity contribution in [2.45, 2.75) is 35.6 Å². The van der Waals surface area contributed by atoms with Crippen LogP contribution in [0.25, 0.3) is 0 Å². The summed E-state index contributed by atoms with van der Waals surface area (Å²) in [5.74, 6) is 0. The molecule has 0 N–H and O–H groups in total. The lowest BCUT2D eigenvalue weighted by molar-refractivity contribution is 0.00819. The minimum atomic E-state index is -3.88. The third kappa shape index (κ3) is 3.60. The van der Waals surface area contributed by atoms with Gasteiger partial charge in [-0.15, -0.1) is 6.58 Å². The first kappa shape index (κ1) is 20.5. The number of benzene rings is 3. The highest BCUT2D eigenvalue weighted by atomic mass is 32.2. The molecule has 3 aromatic carbocycles. The Bertz CT molecular complexity index is 1110. The van der Waals surface area contributed by atoms with Gasteiger partial charge in [-0.3, -0.25) is 0 Å². The molecule has 3 atom stereocenters. The molecule has 0 amide bonds. The zero-order valence-corrected chi connectivity index (χ0v) is 17.6. The fraction of sp³-hybridized carbons (Fsp3) is 0.200. The largest absolute Gasteiger partial charge is 0.365 e. The van der Waals surface area contributed by atoms with Gasteiger partial charge in [0.15, 0.2) is 0 Å². The molecule has 0 aliphatic carbocycles. The predicted molar refractivity (Wildman–Crippen MR) is 117 cm³/mol. The standard InChI is InChI=1S/C25H24O4S/c1-3-23-25(29-23,30(26,27)22-16-14-19(2)15-17-22)24(21-12-8-5-9-13-21)28-18-20-10-6-4-7-11-20/h3-17,23-24H,1,18H2,2H3/t23-,24-,25+/m0/s1. The molecule has 30 heavy (non-hydrogen) atoms. The highest BCUT2D eigenvalue weighted by molar-refractivity contribution is 7.93. The van der Waals surface area contributed by atoms with E-state index in [4.69, 9.17) is 9.47 Å². The zero-order valence-electron chi connectivity index (χ0n) is 16.8. The van der Waals surface area contributed by atoms with Crippen molar-refractivity contribution in [2.75, 3.05) is 0 Å². The molecule has 1 aliphatic rings. The van der Waals surface area contributed by atoms with E-state index in [0.29, 0.717) is 0 Å². The number of hydrogen-bond acceptors (Lipinski definition) is 4. The predicted octanol–water partition coefficient (Wildman–Crippen LogP) is 5.01. The van der Waals surface area contributed by atoms with Crippen LogP contribution in [0, 0.1) is 6.92 Å². The first-order chi connectivity index (χ1) is 14.5. The molecule has 1 aliphatic heterocycles. The summed E-state index contributed by atoms with van der Waals surface area (Å²) in [5, 5.41) is 0. The molecule has 154 valence electrons. The number of ether oxygens (including phenoxy) is 2. The third-order valence-electron chi connectivity index (χ3n) is 5.34. The van der Waals surface area contributed by atoms with Gasteiger partial charge in [0, 0.05) is 0 Å². The van der Waals surface area contributed by atoms with E-state index in [1.54, 1.807) is 24.3 Å². The number of rotatable bonds is 8. The molecular formula is C25H24O4S. The Balaban J connectivity index is 1.77. The minimum Gasteiger partial charge on any atom is -0.365 e. The molecule has 0 bridgehead atoms. The molecule has 4 nitrogen and oxygen atoms in total. The Hall–Kier alpha value is -2.73. The van der Waals surface area contributed by atoms with E-state index in [2.05, 4.69) is 6.58 Å². The summed E-state index contributed by atoms with van der Waals surface area (Å²) in [6, 6.07) is 25.8. The van der Waals surface area contributed by atoms with Gasteiger partial charge in [-0.25, -0.2) is 8.42 Å². The van der Waals surface area contributed by atoms with Gasteiger partial charge in [0.2, 0.25) is 14.8 Å². The number of aryl methyl sites for hydroxylation is 1. The second-order valence-corrected chi connectivity index (χ2v) is 9.52. The van der Waals surface area contributed by atoms with Gasteiger partial charge in [0.05, 0.1) is 11.5 Å². The summed E-state index contributed by atoms with van der Waals surface area (Å²) in [5.41, 5.74) is 2.69. The highest BCUT2D eigenvalue weighted by Gasteiger charge is 2.70. The third-order valence-corrected chi connectivity index (χ3v) is 7.62. The summed E-state index contributed by atoms with van der Waals surface area (Å²) in [4.78, 5) is -1.35. The minimum absolute atomic E-state index is 0.210. The van der Waals surface area contributed by atoms with Crippen LogP contribution in [0.15, 0.2) is 102 Å². The maximum atomic E-state index is 13.8. The quantitative estimate of drug-likeness (QED) is 0.380. The van der Waals surface area contributed by atoms with Crippen LogP contribution in [0.3, 0.4) is 0 Å². The van der Waals surface area contributed by atoms with Crippen LogP contribution in [0.5, 0.6) is 0 Å². The lowest BCUT2D eigenvalue weighted by Gasteiger charge is -2.26. The van der Waals surface area contributed by atoms with Crippen LogP contribution in [-0.2, 0) is 25.9 Å². The number of hydrogen-bond donors (Lipinski definition) is 0. The van der Waals surface area contributed by atoms with Crippen molar-refractivity contribution in [2.24, 2.45) is 0 Å². The maximum Gasteiger partial charge on any atom is 0.234 e. The second-order valence-electron chi connectivity index (χ2n) is 7.40. The smallest absolute Gasteiger partial charge is 0.234 e. The van der Waals surface area contributed by atoms with Crippen molar-refractivity contribution in [3.8, 4) is 0 Å². The van der Waals surface area contributed by atoms with Crippen molar-refractivity contribution in [1.29, 1.82) is 0 Å². The maximum absolute atomic E-state index is 13.8. The van der Waals surface area contributed by atoms with Crippen molar-refractivity contribution >= 4 is 9.84 Å². The topological polar surface area (TPSA) is 55.9 Å². The monoisotopic (exact) mass is 420 g/mol. The summed E-state index contributed by atoms with van der Waals surface area (Å²) in [6.07, 6.45) is 0.0612. The van der Waals surface area contributed by atoms with Gasteiger partial charge in [-0.2, -0.15) is 0 Å². The van der Waals surface area contributed by atoms with E-state index in [0.717, 1.165) is 16.7 Å². The first-order valence-electron chi connectivity index (χ1n) is 9.81. The van der Waals surface area contributed by atoms with E-state index in [9.17, 15) is 8.42 Å². The van der Waals surface area contributed by atoms with Gasteiger partial charge in [-0.1, -0.05) is 84.4 Å². The normalized spacial score (nSPS) is 21.7. The van der Waals surface area contributed by atoms with Crippen LogP contribution >= 0.6 is 0 Å². The van der Waals surface area contributed by atoms with E-state index in [-0.39, 0.29) is 11.5 Å². The molecule has 4 rings (SSSR count). The van der Waals surface area contributed by atoms with Crippen molar-refractivity contribution in [1.82, 2.24) is 0 Å². The van der Waals surface area contributed by atoms with Crippen LogP contribution in [-0.4, -0.2) is 19.5 Å². The van der Waals surface area contributed by atoms with Crippen LogP contribution < -0.4 is 0 Å². The average Bonchev–Trinajstić information content (AvgIpc) is 3.52. The lowest BCUT2D eigenvalue weighted by atomic mass is 10.0. The Morgan fingerprint density at radius 2 is 1.60 bits per heavy atom. The van der Waals surface area contributed by atoms with Gasteiger partial charge >= 0.3 is 0 Å². The molecule has 0 spiro atoms. The van der Waals surface area contributed by atoms with Gasteiger partial charge < -0.3 is 9.47 Å². The SMILES string of the molecule is C=C[C@@H]1O[C@@]1([C@@H](OCc1ccccc1)c1ccccc1)S(=O)(=O)c1ccc(C)cc1. The van der Waals surface area contributed by atoms with E-state index >= 15 is 0 Å². The van der Waals surface area contributed by atoms with Crippen LogP contribution in [0.2, 0.25) is 0 Å². The molecule has 3 aromatic rings. The van der Waals surface area contributed by atoms with Gasteiger partial charge in [-0.05, 0) is 30.2 Å². The first-order valence-corrected chi connectivity index (χ1v) is 11.3. The van der Waals surface area contributed by atoms with Crippen molar-refractivity contribution in [3.05, 3.63) is 114 Å². The molecular weight excluding hydrogens is 396 g/mol. The summed E-state index contributed by atoms with van der Waals surface area (Å²) >= 11 is 0. The summed E-state index contributed by atoms with van der Waals surface area (Å²) < 4.78 is 39.7. The molecule has 1 fully saturated rings. The lowest BCUT2D eigenvalue weighted by Crippen LogP contribution is -2.36. The Labute approximate surface area is 177 Å². The molecule has 1 saturated heterocycles. The summed E-state index contributed by atoms with van der Waals surface area (Å²) in [6.45, 7) is 5.97. The van der Waals surface area contributed by atoms with Crippen LogP contribution in [0.4, 0.5) is 0 Å². The van der Waals surface area contributed by atoms with E-state index in [1.807, 2.05) is 67.6 Å². The van der Waals surface area contributed by atoms with Crippen molar-refractivity contribution in [3.63, 3.8) is 0 Å². The van der Waals surface area contributed by atoms with Gasteiger partial charge in [0.25, 0.3) is 0 Å².